The van der Waals surface area contributed by atoms with Gasteiger partial charge in [-0.25, -0.2) is 0 Å². The Balaban J connectivity index is 0.00000338. The molecule has 0 aliphatic carbocycles. The summed E-state index contributed by atoms with van der Waals surface area (Å²) in [6.45, 7) is 2.69. The molecule has 0 radical (unpaired) electrons. The second kappa shape index (κ2) is 10.6. The molecule has 0 bridgehead atoms. The Labute approximate surface area is 169 Å². The number of alkyl halides is 3. The second-order valence-corrected chi connectivity index (χ2v) is 5.89. The molecule has 4 nitrogen and oxygen atoms in total. The van der Waals surface area contributed by atoms with Gasteiger partial charge in [-0.3, -0.25) is 4.99 Å². The SMILES string of the molecule is CN=C(NCC#Cc1cccc(C(F)(F)F)c1)N(C)CC1CCOC1.I. The molecule has 1 fully saturated rings. The third kappa shape index (κ3) is 7.03. The highest BCUT2D eigenvalue weighted by Gasteiger charge is 2.30. The third-order valence-corrected chi connectivity index (χ3v) is 3.89. The zero-order valence-corrected chi connectivity index (χ0v) is 17.1. The van der Waals surface area contributed by atoms with Crippen LogP contribution in [0.5, 0.6) is 0 Å². The van der Waals surface area contributed by atoms with Gasteiger partial charge in [0, 0.05) is 38.7 Å². The molecule has 1 aromatic rings. The number of ether oxygens (including phenoxy) is 1. The highest BCUT2D eigenvalue weighted by molar-refractivity contribution is 14.0. The predicted molar refractivity (Wildman–Crippen MR) is 107 cm³/mol. The fourth-order valence-electron chi connectivity index (χ4n) is 2.63. The third-order valence-electron chi connectivity index (χ3n) is 3.89. The van der Waals surface area contributed by atoms with Crippen LogP contribution in [-0.4, -0.2) is 51.3 Å². The monoisotopic (exact) mass is 481 g/mol. The standard InChI is InChI=1S/C18H22F3N3O.HI/c1-22-17(24(2)12-15-8-10-25-13-15)23-9-4-6-14-5-3-7-16(11-14)18(19,20)21;/h3,5,7,11,15H,8-10,12-13H2,1-2H3,(H,22,23);1H. The van der Waals surface area contributed by atoms with Gasteiger partial charge in [0.05, 0.1) is 18.7 Å². The van der Waals surface area contributed by atoms with E-state index >= 15 is 0 Å². The van der Waals surface area contributed by atoms with Crippen LogP contribution in [0.25, 0.3) is 0 Å². The minimum absolute atomic E-state index is 0. The predicted octanol–water partition coefficient (Wildman–Crippen LogP) is 3.22. The molecule has 1 N–H and O–H groups in total. The minimum Gasteiger partial charge on any atom is -0.381 e. The van der Waals surface area contributed by atoms with Crippen LogP contribution in [0.15, 0.2) is 29.3 Å². The molecule has 0 aromatic heterocycles. The Morgan fingerprint density at radius 3 is 2.81 bits per heavy atom. The molecule has 2 rings (SSSR count). The topological polar surface area (TPSA) is 36.9 Å². The van der Waals surface area contributed by atoms with Crippen molar-refractivity contribution >= 4 is 29.9 Å². The van der Waals surface area contributed by atoms with Gasteiger partial charge in [-0.15, -0.1) is 24.0 Å². The molecule has 144 valence electrons. The average molecular weight is 481 g/mol. The summed E-state index contributed by atoms with van der Waals surface area (Å²) in [5.74, 6) is 6.76. The van der Waals surface area contributed by atoms with Gasteiger partial charge in [-0.1, -0.05) is 17.9 Å². The van der Waals surface area contributed by atoms with E-state index in [0.29, 0.717) is 24.0 Å². The Morgan fingerprint density at radius 1 is 1.42 bits per heavy atom. The number of guanidine groups is 1. The molecule has 0 spiro atoms. The van der Waals surface area contributed by atoms with Crippen molar-refractivity contribution in [2.75, 3.05) is 40.4 Å². The lowest BCUT2D eigenvalue weighted by Gasteiger charge is -2.23. The summed E-state index contributed by atoms with van der Waals surface area (Å²) < 4.78 is 43.4. The molecule has 1 unspecified atom stereocenters. The number of nitrogens with zero attached hydrogens (tertiary/aromatic N) is 2. The Hall–Kier alpha value is -1.47. The van der Waals surface area contributed by atoms with E-state index in [-0.39, 0.29) is 24.0 Å². The maximum Gasteiger partial charge on any atom is 0.416 e. The number of hydrogen-bond donors (Lipinski definition) is 1. The summed E-state index contributed by atoms with van der Waals surface area (Å²) in [6, 6.07) is 5.00. The minimum atomic E-state index is -4.36. The molecule has 0 saturated carbocycles. The van der Waals surface area contributed by atoms with Gasteiger partial charge < -0.3 is 15.0 Å². The Kier molecular flexibility index (Phi) is 9.22. The van der Waals surface area contributed by atoms with E-state index in [1.165, 1.54) is 6.07 Å². The maximum atomic E-state index is 12.7. The molecule has 1 aromatic carbocycles. The quantitative estimate of drug-likeness (QED) is 0.312. The number of hydrogen-bond acceptors (Lipinski definition) is 2. The summed E-state index contributed by atoms with van der Waals surface area (Å²) in [6.07, 6.45) is -3.32. The number of aliphatic imine (C=N–C) groups is 1. The molecular weight excluding hydrogens is 458 g/mol. The molecular formula is C18H23F3IN3O. The number of nitrogens with one attached hydrogen (secondary N) is 1. The molecule has 8 heteroatoms. The summed E-state index contributed by atoms with van der Waals surface area (Å²) in [4.78, 5) is 6.20. The first-order chi connectivity index (χ1) is 11.9. The van der Waals surface area contributed by atoms with Crippen LogP contribution in [0.2, 0.25) is 0 Å². The van der Waals surface area contributed by atoms with Crippen molar-refractivity contribution in [3.63, 3.8) is 0 Å². The van der Waals surface area contributed by atoms with Crippen LogP contribution in [0.4, 0.5) is 13.2 Å². The van der Waals surface area contributed by atoms with Crippen LogP contribution in [0, 0.1) is 17.8 Å². The number of halogens is 4. The van der Waals surface area contributed by atoms with Gasteiger partial charge in [0.25, 0.3) is 0 Å². The van der Waals surface area contributed by atoms with Crippen LogP contribution in [0.3, 0.4) is 0 Å². The first-order valence-corrected chi connectivity index (χ1v) is 8.06. The van der Waals surface area contributed by atoms with Crippen molar-refractivity contribution < 1.29 is 17.9 Å². The van der Waals surface area contributed by atoms with E-state index < -0.39 is 11.7 Å². The van der Waals surface area contributed by atoms with Crippen LogP contribution in [0.1, 0.15) is 17.5 Å². The van der Waals surface area contributed by atoms with Crippen LogP contribution in [-0.2, 0) is 10.9 Å². The summed E-state index contributed by atoms with van der Waals surface area (Å²) >= 11 is 0. The van der Waals surface area contributed by atoms with Gasteiger partial charge in [-0.2, -0.15) is 13.2 Å². The fourth-order valence-corrected chi connectivity index (χ4v) is 2.63. The van der Waals surface area contributed by atoms with Crippen LogP contribution >= 0.6 is 24.0 Å². The average Bonchev–Trinajstić information content (AvgIpc) is 3.07. The normalized spacial score (nSPS) is 17.1. The zero-order chi connectivity index (χ0) is 18.3. The largest absolute Gasteiger partial charge is 0.416 e. The van der Waals surface area contributed by atoms with E-state index in [1.54, 1.807) is 13.1 Å². The first-order valence-electron chi connectivity index (χ1n) is 8.06. The van der Waals surface area contributed by atoms with Crippen molar-refractivity contribution in [1.29, 1.82) is 0 Å². The van der Waals surface area contributed by atoms with E-state index in [4.69, 9.17) is 4.74 Å². The lowest BCUT2D eigenvalue weighted by Crippen LogP contribution is -2.41. The van der Waals surface area contributed by atoms with E-state index in [2.05, 4.69) is 22.2 Å². The highest BCUT2D eigenvalue weighted by atomic mass is 127. The van der Waals surface area contributed by atoms with Crippen molar-refractivity contribution in [3.05, 3.63) is 35.4 Å². The Bertz CT molecular complexity index is 662. The van der Waals surface area contributed by atoms with Crippen molar-refractivity contribution in [2.45, 2.75) is 12.6 Å². The fraction of sp³-hybridized carbons (Fsp3) is 0.500. The zero-order valence-electron chi connectivity index (χ0n) is 14.8. The first kappa shape index (κ1) is 22.6. The molecule has 1 saturated heterocycles. The maximum absolute atomic E-state index is 12.7. The molecule has 1 heterocycles. The molecule has 26 heavy (non-hydrogen) atoms. The van der Waals surface area contributed by atoms with Crippen molar-refractivity contribution in [1.82, 2.24) is 10.2 Å². The van der Waals surface area contributed by atoms with Gasteiger partial charge in [-0.05, 0) is 24.6 Å². The smallest absolute Gasteiger partial charge is 0.381 e. The second-order valence-electron chi connectivity index (χ2n) is 5.89. The van der Waals surface area contributed by atoms with E-state index in [1.807, 2.05) is 11.9 Å². The lowest BCUT2D eigenvalue weighted by molar-refractivity contribution is -0.137. The molecule has 0 amide bonds. The Morgan fingerprint density at radius 2 is 2.19 bits per heavy atom. The van der Waals surface area contributed by atoms with Gasteiger partial charge in [0.1, 0.15) is 0 Å². The van der Waals surface area contributed by atoms with E-state index in [0.717, 1.165) is 38.3 Å². The van der Waals surface area contributed by atoms with Gasteiger partial charge >= 0.3 is 6.18 Å². The lowest BCUT2D eigenvalue weighted by atomic mass is 10.1. The molecule has 1 atom stereocenters. The molecule has 1 aliphatic heterocycles. The summed E-state index contributed by atoms with van der Waals surface area (Å²) in [5, 5.41) is 3.10. The van der Waals surface area contributed by atoms with Crippen molar-refractivity contribution in [3.8, 4) is 11.8 Å². The summed E-state index contributed by atoms with van der Waals surface area (Å²) in [5.41, 5.74) is -0.357. The number of benzene rings is 1. The summed E-state index contributed by atoms with van der Waals surface area (Å²) in [7, 11) is 3.62. The number of rotatable bonds is 3. The highest BCUT2D eigenvalue weighted by Crippen LogP contribution is 2.29. The van der Waals surface area contributed by atoms with Gasteiger partial charge in [0.2, 0.25) is 0 Å². The van der Waals surface area contributed by atoms with Gasteiger partial charge in [0.15, 0.2) is 5.96 Å². The van der Waals surface area contributed by atoms with E-state index in [9.17, 15) is 13.2 Å². The van der Waals surface area contributed by atoms with Crippen molar-refractivity contribution in [2.24, 2.45) is 10.9 Å². The van der Waals surface area contributed by atoms with Crippen LogP contribution < -0.4 is 5.32 Å². The molecule has 1 aliphatic rings.